The summed E-state index contributed by atoms with van der Waals surface area (Å²) in [6, 6.07) is 5.11. The normalized spacial score (nSPS) is 23.8. The maximum absolute atomic E-state index is 13.6. The molecule has 0 radical (unpaired) electrons. The van der Waals surface area contributed by atoms with Crippen molar-refractivity contribution in [2.75, 3.05) is 53.6 Å². The molecule has 2 saturated heterocycles. The third-order valence-electron chi connectivity index (χ3n) is 9.49. The minimum atomic E-state index is -0.924. The number of carboxylic acid groups (broad SMARTS) is 1. The molecule has 0 aromatic heterocycles. The first kappa shape index (κ1) is 34.6. The first-order valence-corrected chi connectivity index (χ1v) is 16.6. The van der Waals surface area contributed by atoms with Crippen LogP contribution in [-0.2, 0) is 19.2 Å². The van der Waals surface area contributed by atoms with Gasteiger partial charge in [-0.05, 0) is 83.8 Å². The lowest BCUT2D eigenvalue weighted by molar-refractivity contribution is -0.145. The number of nitrogens with zero attached hydrogens (tertiary/aromatic N) is 3. The third kappa shape index (κ3) is 9.16. The number of aliphatic carboxylic acids is 1. The zero-order valence-corrected chi connectivity index (χ0v) is 27.5. The van der Waals surface area contributed by atoms with Gasteiger partial charge in [-0.15, -0.1) is 0 Å². The molecule has 0 bridgehead atoms. The number of hydrogen-bond donors (Lipinski definition) is 1. The number of rotatable bonds is 17. The van der Waals surface area contributed by atoms with Gasteiger partial charge in [0.2, 0.25) is 12.7 Å². The second-order valence-electron chi connectivity index (χ2n) is 13.1. The zero-order chi connectivity index (χ0) is 32.5. The lowest BCUT2D eigenvalue weighted by Gasteiger charge is -2.33. The van der Waals surface area contributed by atoms with Crippen LogP contribution in [0.2, 0.25) is 0 Å². The topological polar surface area (TPSA) is 117 Å². The summed E-state index contributed by atoms with van der Waals surface area (Å²) in [5, 5.41) is 10.5. The number of ketones is 2. The second-order valence-corrected chi connectivity index (χ2v) is 13.1. The van der Waals surface area contributed by atoms with Crippen molar-refractivity contribution in [2.24, 2.45) is 11.8 Å². The summed E-state index contributed by atoms with van der Waals surface area (Å²) in [5.41, 5.74) is 2.00. The highest BCUT2D eigenvalue weighted by Gasteiger charge is 2.47. The van der Waals surface area contributed by atoms with E-state index in [0.717, 1.165) is 50.6 Å². The van der Waals surface area contributed by atoms with Crippen LogP contribution in [0.25, 0.3) is 0 Å². The maximum atomic E-state index is 13.6. The molecule has 0 saturated carbocycles. The van der Waals surface area contributed by atoms with Gasteiger partial charge >= 0.3 is 5.97 Å². The molecule has 0 aliphatic carbocycles. The predicted octanol–water partition coefficient (Wildman–Crippen LogP) is 4.52. The SMILES string of the molecule is CCCCC(=CCCCCN(C)C)CC(=O)CN1C[C@H](c2ccc3c(c2)OCO3)[C@@H](C(=O)O)[C@@H]1CCN1CCC(=O)[C@@H](C)C1=O. The molecule has 1 N–H and O–H groups in total. The third-order valence-corrected chi connectivity index (χ3v) is 9.49. The number of likely N-dealkylation sites (tertiary alicyclic amines) is 2. The van der Waals surface area contributed by atoms with Crippen LogP contribution in [0, 0.1) is 11.8 Å². The van der Waals surface area contributed by atoms with Crippen molar-refractivity contribution in [3.8, 4) is 11.5 Å². The van der Waals surface area contributed by atoms with Crippen LogP contribution in [0.3, 0.4) is 0 Å². The highest BCUT2D eigenvalue weighted by molar-refractivity contribution is 6.03. The molecule has 10 heteroatoms. The quantitative estimate of drug-likeness (QED) is 0.152. The average molecular weight is 626 g/mol. The fourth-order valence-electron chi connectivity index (χ4n) is 6.91. The summed E-state index contributed by atoms with van der Waals surface area (Å²) >= 11 is 0. The van der Waals surface area contributed by atoms with Gasteiger partial charge < -0.3 is 24.4 Å². The molecule has 0 unspecified atom stereocenters. The van der Waals surface area contributed by atoms with Gasteiger partial charge in [0.05, 0.1) is 18.4 Å². The Labute approximate surface area is 267 Å². The summed E-state index contributed by atoms with van der Waals surface area (Å²) in [5.74, 6) is -1.69. The van der Waals surface area contributed by atoms with Crippen LogP contribution in [0.5, 0.6) is 11.5 Å². The Morgan fingerprint density at radius 2 is 1.89 bits per heavy atom. The Hall–Kier alpha value is -3.24. The van der Waals surface area contributed by atoms with Gasteiger partial charge in [-0.1, -0.05) is 31.1 Å². The molecular weight excluding hydrogens is 574 g/mol. The molecule has 2 fully saturated rings. The molecule has 10 nitrogen and oxygen atoms in total. The van der Waals surface area contributed by atoms with Crippen molar-refractivity contribution in [1.82, 2.24) is 14.7 Å². The van der Waals surface area contributed by atoms with Gasteiger partial charge in [-0.25, -0.2) is 0 Å². The van der Waals surface area contributed by atoms with Crippen molar-refractivity contribution in [3.05, 3.63) is 35.4 Å². The number of amides is 1. The van der Waals surface area contributed by atoms with Gasteiger partial charge in [-0.2, -0.15) is 0 Å². The molecule has 1 amide bonds. The first-order valence-electron chi connectivity index (χ1n) is 16.6. The van der Waals surface area contributed by atoms with Crippen molar-refractivity contribution in [1.29, 1.82) is 0 Å². The minimum absolute atomic E-state index is 0.0553. The largest absolute Gasteiger partial charge is 0.481 e. The highest BCUT2D eigenvalue weighted by atomic mass is 16.7. The number of fused-ring (bicyclic) bond motifs is 1. The summed E-state index contributed by atoms with van der Waals surface area (Å²) in [4.78, 5) is 57.3. The van der Waals surface area contributed by atoms with Gasteiger partial charge in [0.1, 0.15) is 5.78 Å². The van der Waals surface area contributed by atoms with Crippen LogP contribution in [0.1, 0.15) is 83.1 Å². The predicted molar refractivity (Wildman–Crippen MR) is 171 cm³/mol. The standard InChI is InChI=1S/C35H51N3O7/c1-5-6-10-25(11-8-7-9-16-36(3)4)19-27(39)21-38-22-28(26-12-13-31-32(20-26)45-23-44-31)33(35(42)43)29(38)14-17-37-18-15-30(40)24(2)34(37)41/h11-13,20,24,28-29,33H,5-10,14-19,21-23H2,1-4H3,(H,42,43)/t24-,28-,29+,33-/m1/s1. The van der Waals surface area contributed by atoms with E-state index in [4.69, 9.17) is 9.47 Å². The molecule has 0 spiro atoms. The number of Topliss-reactive ketones (excluding diaryl/α,β-unsaturated/α-hetero) is 2. The summed E-state index contributed by atoms with van der Waals surface area (Å²) in [6.45, 7) is 6.21. The molecule has 3 heterocycles. The number of unbranched alkanes of at least 4 members (excludes halogenated alkanes) is 3. The average Bonchev–Trinajstić information content (AvgIpc) is 3.62. The lowest BCUT2D eigenvalue weighted by Crippen LogP contribution is -2.47. The first-order chi connectivity index (χ1) is 21.6. The number of hydrogen-bond acceptors (Lipinski definition) is 8. The van der Waals surface area contributed by atoms with E-state index >= 15 is 0 Å². The molecule has 248 valence electrons. The smallest absolute Gasteiger partial charge is 0.308 e. The molecular formula is C35H51N3O7. The Morgan fingerprint density at radius 3 is 2.62 bits per heavy atom. The highest BCUT2D eigenvalue weighted by Crippen LogP contribution is 2.43. The summed E-state index contributed by atoms with van der Waals surface area (Å²) < 4.78 is 11.1. The number of carbonyl (C=O) groups excluding carboxylic acids is 3. The van der Waals surface area contributed by atoms with E-state index in [0.29, 0.717) is 50.4 Å². The van der Waals surface area contributed by atoms with Crippen molar-refractivity contribution < 1.29 is 33.8 Å². The van der Waals surface area contributed by atoms with Gasteiger partial charge in [-0.3, -0.25) is 24.1 Å². The molecule has 3 aliphatic rings. The van der Waals surface area contributed by atoms with Crippen molar-refractivity contribution in [2.45, 2.75) is 83.6 Å². The van der Waals surface area contributed by atoms with E-state index in [2.05, 4.69) is 32.0 Å². The number of carbonyl (C=O) groups is 4. The van der Waals surface area contributed by atoms with E-state index in [-0.39, 0.29) is 36.7 Å². The van der Waals surface area contributed by atoms with Crippen LogP contribution in [0.4, 0.5) is 0 Å². The summed E-state index contributed by atoms with van der Waals surface area (Å²) in [7, 11) is 4.15. The van der Waals surface area contributed by atoms with Gasteiger partial charge in [0.15, 0.2) is 17.3 Å². The Kier molecular flexibility index (Phi) is 12.6. The number of ether oxygens (including phenoxy) is 2. The van der Waals surface area contributed by atoms with Gasteiger partial charge in [0, 0.05) is 44.4 Å². The molecule has 4 rings (SSSR count). The van der Waals surface area contributed by atoms with E-state index in [9.17, 15) is 24.3 Å². The van der Waals surface area contributed by atoms with E-state index in [1.165, 1.54) is 5.57 Å². The number of allylic oxidation sites excluding steroid dienone is 2. The Balaban J connectivity index is 1.51. The molecule has 45 heavy (non-hydrogen) atoms. The minimum Gasteiger partial charge on any atom is -0.481 e. The zero-order valence-electron chi connectivity index (χ0n) is 27.5. The van der Waals surface area contributed by atoms with Crippen LogP contribution < -0.4 is 9.47 Å². The molecule has 4 atom stereocenters. The van der Waals surface area contributed by atoms with Crippen LogP contribution >= 0.6 is 0 Å². The molecule has 1 aromatic carbocycles. The van der Waals surface area contributed by atoms with Crippen LogP contribution in [-0.4, -0.2) is 103 Å². The number of piperidine rings is 1. The number of benzene rings is 1. The Bertz CT molecular complexity index is 1250. The van der Waals surface area contributed by atoms with Crippen molar-refractivity contribution in [3.63, 3.8) is 0 Å². The van der Waals surface area contributed by atoms with E-state index in [1.807, 2.05) is 23.1 Å². The van der Waals surface area contributed by atoms with Gasteiger partial charge in [0.25, 0.3) is 0 Å². The lowest BCUT2D eigenvalue weighted by atomic mass is 9.84. The fraction of sp³-hybridized carbons (Fsp3) is 0.657. The van der Waals surface area contributed by atoms with Crippen molar-refractivity contribution >= 4 is 23.4 Å². The van der Waals surface area contributed by atoms with Crippen LogP contribution in [0.15, 0.2) is 29.8 Å². The fourth-order valence-corrected chi connectivity index (χ4v) is 6.91. The van der Waals surface area contributed by atoms with E-state index < -0.39 is 23.8 Å². The molecule has 1 aromatic rings. The van der Waals surface area contributed by atoms with E-state index in [1.54, 1.807) is 11.8 Å². The molecule has 3 aliphatic heterocycles. The Morgan fingerprint density at radius 1 is 1.11 bits per heavy atom. The maximum Gasteiger partial charge on any atom is 0.308 e. The monoisotopic (exact) mass is 625 g/mol. The summed E-state index contributed by atoms with van der Waals surface area (Å²) in [6.07, 6.45) is 9.43. The second kappa shape index (κ2) is 16.4. The number of carboxylic acids is 1.